The number of hydrogen-bond donors (Lipinski definition) is 0. The van der Waals surface area contributed by atoms with E-state index in [2.05, 4.69) is 11.1 Å². The van der Waals surface area contributed by atoms with Crippen LogP contribution in [0.3, 0.4) is 0 Å². The first kappa shape index (κ1) is 10.7. The Kier molecular flexibility index (Phi) is 3.61. The minimum Gasteiger partial charge on any atom is -0.245 e. The second-order valence-electron chi connectivity index (χ2n) is 2.50. The van der Waals surface area contributed by atoms with Crippen molar-refractivity contribution >= 4 is 21.6 Å². The third-order valence-corrected chi connectivity index (χ3v) is 2.78. The summed E-state index contributed by atoms with van der Waals surface area (Å²) in [6.07, 6.45) is 1.75. The molecule has 2 nitrogen and oxygen atoms in total. The molecule has 2 aromatic heterocycles. The maximum atomic E-state index is 8.83. The molecule has 0 saturated carbocycles. The summed E-state index contributed by atoms with van der Waals surface area (Å²) in [5.41, 5.74) is 0.767. The Morgan fingerprint density at radius 3 is 2.79 bits per heavy atom. The highest BCUT2D eigenvalue weighted by Crippen LogP contribution is 2.27. The van der Waals surface area contributed by atoms with Crippen molar-refractivity contribution in [3.05, 3.63) is 28.8 Å². The van der Waals surface area contributed by atoms with Crippen molar-refractivity contribution in [3.8, 4) is 6.07 Å². The van der Waals surface area contributed by atoms with Crippen LogP contribution in [0.4, 0.5) is 0 Å². The van der Waals surface area contributed by atoms with E-state index in [1.54, 1.807) is 17.5 Å². The molecule has 0 spiro atoms. The highest BCUT2D eigenvalue weighted by molar-refractivity contribution is 7.18. The number of thiophene rings is 1. The standard InChI is InChI=1S/C9H6N2S.C2H6/c1-6-8(5-10)7-3-2-4-11-9(7)12-6;1-2/h2-4H,1H3;1-2H3. The minimum absolute atomic E-state index is 0.767. The summed E-state index contributed by atoms with van der Waals surface area (Å²) < 4.78 is 0. The van der Waals surface area contributed by atoms with Crippen molar-refractivity contribution in [1.29, 1.82) is 5.26 Å². The van der Waals surface area contributed by atoms with E-state index in [1.165, 1.54) is 0 Å². The monoisotopic (exact) mass is 204 g/mol. The number of hydrogen-bond acceptors (Lipinski definition) is 3. The molecule has 0 bridgehead atoms. The molecule has 0 radical (unpaired) electrons. The number of aromatic nitrogens is 1. The SMILES string of the molecule is CC.Cc1sc2ncccc2c1C#N. The van der Waals surface area contributed by atoms with E-state index in [0.717, 1.165) is 20.7 Å². The van der Waals surface area contributed by atoms with Crippen LogP contribution >= 0.6 is 11.3 Å². The molecule has 0 atom stereocenters. The fourth-order valence-corrected chi connectivity index (χ4v) is 2.13. The summed E-state index contributed by atoms with van der Waals surface area (Å²) in [7, 11) is 0. The molecule has 0 unspecified atom stereocenters. The summed E-state index contributed by atoms with van der Waals surface area (Å²) in [4.78, 5) is 6.18. The molecule has 2 heterocycles. The van der Waals surface area contributed by atoms with Crippen LogP contribution in [0.2, 0.25) is 0 Å². The Bertz CT molecular complexity index is 466. The fraction of sp³-hybridized carbons (Fsp3) is 0.273. The average molecular weight is 204 g/mol. The van der Waals surface area contributed by atoms with E-state index in [4.69, 9.17) is 5.26 Å². The Morgan fingerprint density at radius 2 is 2.14 bits per heavy atom. The quantitative estimate of drug-likeness (QED) is 0.658. The second kappa shape index (κ2) is 4.73. The zero-order valence-corrected chi connectivity index (χ0v) is 9.35. The summed E-state index contributed by atoms with van der Waals surface area (Å²) in [6, 6.07) is 5.98. The Balaban J connectivity index is 0.000000461. The van der Waals surface area contributed by atoms with Crippen LogP contribution in [-0.4, -0.2) is 4.98 Å². The van der Waals surface area contributed by atoms with Gasteiger partial charge in [-0.05, 0) is 19.1 Å². The van der Waals surface area contributed by atoms with Crippen molar-refractivity contribution in [2.24, 2.45) is 0 Å². The van der Waals surface area contributed by atoms with Gasteiger partial charge < -0.3 is 0 Å². The number of nitriles is 1. The van der Waals surface area contributed by atoms with Crippen LogP contribution in [0.5, 0.6) is 0 Å². The number of rotatable bonds is 0. The third-order valence-electron chi connectivity index (χ3n) is 1.75. The molecule has 3 heteroatoms. The summed E-state index contributed by atoms with van der Waals surface area (Å²) in [5, 5.41) is 9.81. The molecule has 0 amide bonds. The highest BCUT2D eigenvalue weighted by atomic mass is 32.1. The van der Waals surface area contributed by atoms with E-state index in [1.807, 2.05) is 32.9 Å². The van der Waals surface area contributed by atoms with Crippen LogP contribution in [0.1, 0.15) is 24.3 Å². The molecule has 0 saturated heterocycles. The van der Waals surface area contributed by atoms with E-state index in [9.17, 15) is 0 Å². The lowest BCUT2D eigenvalue weighted by atomic mass is 10.2. The molecule has 0 aliphatic heterocycles. The van der Waals surface area contributed by atoms with Crippen molar-refractivity contribution < 1.29 is 0 Å². The van der Waals surface area contributed by atoms with Crippen molar-refractivity contribution in [3.63, 3.8) is 0 Å². The first-order valence-electron chi connectivity index (χ1n) is 4.57. The largest absolute Gasteiger partial charge is 0.245 e. The predicted octanol–water partition coefficient (Wildman–Crippen LogP) is 3.50. The Morgan fingerprint density at radius 1 is 1.43 bits per heavy atom. The average Bonchev–Trinajstić information content (AvgIpc) is 2.56. The lowest BCUT2D eigenvalue weighted by molar-refractivity contribution is 1.44. The van der Waals surface area contributed by atoms with Gasteiger partial charge in [-0.15, -0.1) is 11.3 Å². The summed E-state index contributed by atoms with van der Waals surface area (Å²) >= 11 is 1.57. The van der Waals surface area contributed by atoms with Crippen LogP contribution in [0, 0.1) is 18.3 Å². The molecular weight excluding hydrogens is 192 g/mol. The Hall–Kier alpha value is -1.40. The van der Waals surface area contributed by atoms with Crippen molar-refractivity contribution in [1.82, 2.24) is 4.98 Å². The third kappa shape index (κ3) is 1.75. The first-order chi connectivity index (χ1) is 6.83. The van der Waals surface area contributed by atoms with Crippen LogP contribution in [-0.2, 0) is 0 Å². The lowest BCUT2D eigenvalue weighted by Gasteiger charge is -1.85. The number of fused-ring (bicyclic) bond motifs is 1. The number of pyridine rings is 1. The van der Waals surface area contributed by atoms with Crippen LogP contribution in [0.15, 0.2) is 18.3 Å². The van der Waals surface area contributed by atoms with Gasteiger partial charge in [-0.1, -0.05) is 13.8 Å². The Labute approximate surface area is 87.8 Å². The van der Waals surface area contributed by atoms with Crippen LogP contribution < -0.4 is 0 Å². The van der Waals surface area contributed by atoms with Gasteiger partial charge in [0.15, 0.2) is 0 Å². The topological polar surface area (TPSA) is 36.7 Å². The van der Waals surface area contributed by atoms with Crippen molar-refractivity contribution in [2.75, 3.05) is 0 Å². The van der Waals surface area contributed by atoms with Crippen molar-refractivity contribution in [2.45, 2.75) is 20.8 Å². The molecule has 2 rings (SSSR count). The molecular formula is C11H12N2S. The highest BCUT2D eigenvalue weighted by Gasteiger charge is 2.07. The molecule has 0 aliphatic carbocycles. The van der Waals surface area contributed by atoms with Gasteiger partial charge in [-0.25, -0.2) is 4.98 Å². The second-order valence-corrected chi connectivity index (χ2v) is 3.70. The summed E-state index contributed by atoms with van der Waals surface area (Å²) in [6.45, 7) is 5.95. The predicted molar refractivity (Wildman–Crippen MR) is 60.4 cm³/mol. The van der Waals surface area contributed by atoms with Gasteiger partial charge in [0.2, 0.25) is 0 Å². The molecule has 0 N–H and O–H groups in total. The fourth-order valence-electron chi connectivity index (χ4n) is 1.19. The van der Waals surface area contributed by atoms with Gasteiger partial charge in [0.1, 0.15) is 10.9 Å². The molecule has 0 aliphatic rings. The summed E-state index contributed by atoms with van der Waals surface area (Å²) in [5.74, 6) is 0. The number of nitrogens with zero attached hydrogens (tertiary/aromatic N) is 2. The van der Waals surface area contributed by atoms with E-state index in [-0.39, 0.29) is 0 Å². The van der Waals surface area contributed by atoms with Gasteiger partial charge in [-0.3, -0.25) is 0 Å². The van der Waals surface area contributed by atoms with Gasteiger partial charge in [0, 0.05) is 16.5 Å². The maximum Gasteiger partial charge on any atom is 0.124 e. The molecule has 72 valence electrons. The first-order valence-corrected chi connectivity index (χ1v) is 5.39. The zero-order chi connectivity index (χ0) is 10.6. The van der Waals surface area contributed by atoms with Gasteiger partial charge in [-0.2, -0.15) is 5.26 Å². The smallest absolute Gasteiger partial charge is 0.124 e. The normalized spacial score (nSPS) is 9.00. The van der Waals surface area contributed by atoms with Gasteiger partial charge in [0.25, 0.3) is 0 Å². The number of aryl methyl sites for hydroxylation is 1. The van der Waals surface area contributed by atoms with E-state index < -0.39 is 0 Å². The molecule has 0 aromatic carbocycles. The van der Waals surface area contributed by atoms with Crippen LogP contribution in [0.25, 0.3) is 10.2 Å². The lowest BCUT2D eigenvalue weighted by Crippen LogP contribution is -1.73. The van der Waals surface area contributed by atoms with E-state index >= 15 is 0 Å². The van der Waals surface area contributed by atoms with E-state index in [0.29, 0.717) is 0 Å². The molecule has 0 fully saturated rings. The zero-order valence-electron chi connectivity index (χ0n) is 8.53. The maximum absolute atomic E-state index is 8.83. The minimum atomic E-state index is 0.767. The van der Waals surface area contributed by atoms with Gasteiger partial charge >= 0.3 is 0 Å². The molecule has 2 aromatic rings. The molecule has 14 heavy (non-hydrogen) atoms. The van der Waals surface area contributed by atoms with Gasteiger partial charge in [0.05, 0.1) is 5.56 Å².